The zero-order valence-corrected chi connectivity index (χ0v) is 14.1. The molecule has 0 amide bonds. The van der Waals surface area contributed by atoms with Crippen LogP contribution in [0.5, 0.6) is 5.88 Å². The zero-order chi connectivity index (χ0) is 17.1. The minimum atomic E-state index is 0.537. The van der Waals surface area contributed by atoms with Crippen molar-refractivity contribution in [3.8, 4) is 5.88 Å². The Balaban J connectivity index is 1.38. The lowest BCUT2D eigenvalue weighted by Gasteiger charge is -2.26. The average molecular weight is 340 g/mol. The Morgan fingerprint density at radius 2 is 2.28 bits per heavy atom. The van der Waals surface area contributed by atoms with E-state index < -0.39 is 0 Å². The molecule has 1 aliphatic heterocycles. The summed E-state index contributed by atoms with van der Waals surface area (Å²) in [5.41, 5.74) is 0.993. The van der Waals surface area contributed by atoms with Crippen LogP contribution in [-0.4, -0.2) is 38.1 Å². The number of aromatic nitrogens is 4. The molecule has 0 saturated heterocycles. The summed E-state index contributed by atoms with van der Waals surface area (Å²) in [6.45, 7) is 4.17. The number of nitrogens with one attached hydrogen (secondary N) is 1. The first-order valence-corrected chi connectivity index (χ1v) is 8.20. The van der Waals surface area contributed by atoms with Crippen molar-refractivity contribution in [1.82, 2.24) is 24.4 Å². The van der Waals surface area contributed by atoms with Crippen LogP contribution in [0.15, 0.2) is 41.4 Å². The van der Waals surface area contributed by atoms with Gasteiger partial charge >= 0.3 is 0 Å². The van der Waals surface area contributed by atoms with Crippen molar-refractivity contribution in [3.05, 3.63) is 54.3 Å². The van der Waals surface area contributed by atoms with Crippen molar-refractivity contribution in [2.24, 2.45) is 0 Å². The van der Waals surface area contributed by atoms with E-state index in [0.29, 0.717) is 12.4 Å². The first kappa shape index (κ1) is 15.6. The summed E-state index contributed by atoms with van der Waals surface area (Å²) < 4.78 is 12.8. The number of methoxy groups -OCH3 is 1. The smallest absolute Gasteiger partial charge is 0.218 e. The van der Waals surface area contributed by atoms with Gasteiger partial charge in [0.25, 0.3) is 0 Å². The predicted octanol–water partition coefficient (Wildman–Crippen LogP) is 1.90. The molecule has 1 aliphatic rings. The number of rotatable bonds is 6. The quantitative estimate of drug-likeness (QED) is 0.734. The monoisotopic (exact) mass is 340 g/mol. The molecule has 0 radical (unpaired) electrons. The van der Waals surface area contributed by atoms with E-state index in [1.54, 1.807) is 19.4 Å². The molecule has 25 heavy (non-hydrogen) atoms. The van der Waals surface area contributed by atoms with Crippen LogP contribution in [0.1, 0.15) is 17.3 Å². The van der Waals surface area contributed by atoms with Crippen molar-refractivity contribution in [2.45, 2.75) is 26.2 Å². The second-order valence-corrected chi connectivity index (χ2v) is 5.93. The number of nitrogens with zero attached hydrogens (tertiary/aromatic N) is 5. The average Bonchev–Trinajstić information content (AvgIpc) is 3.29. The standard InChI is InChI=1S/C17H20N6O2/c1-24-17-7-15(19-12-20-17)18-8-13-9-23-5-4-22(11-16(23)21-13)10-14-3-2-6-25-14/h2-3,6-7,9,12H,4-5,8,10-11H2,1H3,(H,18,19,20). The fourth-order valence-electron chi connectivity index (χ4n) is 2.93. The molecule has 4 heterocycles. The largest absolute Gasteiger partial charge is 0.481 e. The van der Waals surface area contributed by atoms with Crippen molar-refractivity contribution >= 4 is 5.82 Å². The van der Waals surface area contributed by atoms with Crippen molar-refractivity contribution in [3.63, 3.8) is 0 Å². The Morgan fingerprint density at radius 1 is 1.32 bits per heavy atom. The fraction of sp³-hybridized carbons (Fsp3) is 0.353. The lowest BCUT2D eigenvalue weighted by atomic mass is 10.3. The Labute approximate surface area is 145 Å². The maximum Gasteiger partial charge on any atom is 0.218 e. The lowest BCUT2D eigenvalue weighted by Crippen LogP contribution is -2.33. The molecule has 0 unspecified atom stereocenters. The van der Waals surface area contributed by atoms with Crippen LogP contribution < -0.4 is 10.1 Å². The number of hydrogen-bond donors (Lipinski definition) is 1. The van der Waals surface area contributed by atoms with E-state index in [9.17, 15) is 0 Å². The molecule has 0 atom stereocenters. The number of fused-ring (bicyclic) bond motifs is 1. The first-order chi connectivity index (χ1) is 12.3. The van der Waals surface area contributed by atoms with E-state index in [2.05, 4.69) is 30.9 Å². The van der Waals surface area contributed by atoms with Crippen molar-refractivity contribution < 1.29 is 9.15 Å². The molecule has 130 valence electrons. The van der Waals surface area contributed by atoms with Crippen LogP contribution in [0.25, 0.3) is 0 Å². The van der Waals surface area contributed by atoms with Crippen molar-refractivity contribution in [1.29, 1.82) is 0 Å². The summed E-state index contributed by atoms with van der Waals surface area (Å²) >= 11 is 0. The van der Waals surface area contributed by atoms with Crippen LogP contribution in [0.4, 0.5) is 5.82 Å². The van der Waals surface area contributed by atoms with Gasteiger partial charge < -0.3 is 19.0 Å². The highest BCUT2D eigenvalue weighted by atomic mass is 16.5. The van der Waals surface area contributed by atoms with E-state index in [1.807, 2.05) is 12.1 Å². The SMILES string of the molecule is COc1cc(NCc2cn3c(n2)CN(Cc2ccco2)CC3)ncn1. The summed E-state index contributed by atoms with van der Waals surface area (Å²) in [7, 11) is 1.59. The number of ether oxygens (including phenoxy) is 1. The maximum atomic E-state index is 5.43. The highest BCUT2D eigenvalue weighted by Gasteiger charge is 2.19. The Kier molecular flexibility index (Phi) is 4.34. The summed E-state index contributed by atoms with van der Waals surface area (Å²) in [6, 6.07) is 5.69. The summed E-state index contributed by atoms with van der Waals surface area (Å²) in [5.74, 6) is 3.32. The molecule has 3 aromatic heterocycles. The van der Waals surface area contributed by atoms with E-state index in [4.69, 9.17) is 14.1 Å². The molecular formula is C17H20N6O2. The molecule has 8 heteroatoms. The highest BCUT2D eigenvalue weighted by Crippen LogP contribution is 2.17. The Bertz CT molecular complexity index is 830. The van der Waals surface area contributed by atoms with E-state index >= 15 is 0 Å². The molecule has 1 N–H and O–H groups in total. The summed E-state index contributed by atoms with van der Waals surface area (Å²) in [6.07, 6.45) is 5.29. The second-order valence-electron chi connectivity index (χ2n) is 5.93. The molecule has 4 rings (SSSR count). The summed E-state index contributed by atoms with van der Waals surface area (Å²) in [5, 5.41) is 3.26. The first-order valence-electron chi connectivity index (χ1n) is 8.20. The van der Waals surface area contributed by atoms with Crippen LogP contribution >= 0.6 is 0 Å². The third kappa shape index (κ3) is 3.63. The number of imidazole rings is 1. The van der Waals surface area contributed by atoms with Gasteiger partial charge in [0.1, 0.15) is 23.7 Å². The molecule has 0 spiro atoms. The normalized spacial score (nSPS) is 14.3. The van der Waals surface area contributed by atoms with Gasteiger partial charge in [-0.15, -0.1) is 0 Å². The van der Waals surface area contributed by atoms with Gasteiger partial charge in [-0.2, -0.15) is 0 Å². The van der Waals surface area contributed by atoms with Crippen LogP contribution in [0.3, 0.4) is 0 Å². The van der Waals surface area contributed by atoms with Gasteiger partial charge in [-0.05, 0) is 12.1 Å². The zero-order valence-electron chi connectivity index (χ0n) is 14.1. The maximum absolute atomic E-state index is 5.43. The predicted molar refractivity (Wildman–Crippen MR) is 91.0 cm³/mol. The van der Waals surface area contributed by atoms with E-state index in [-0.39, 0.29) is 0 Å². The fourth-order valence-corrected chi connectivity index (χ4v) is 2.93. The summed E-state index contributed by atoms with van der Waals surface area (Å²) in [4.78, 5) is 15.3. The number of furan rings is 1. The lowest BCUT2D eigenvalue weighted by molar-refractivity contribution is 0.194. The van der Waals surface area contributed by atoms with Gasteiger partial charge in [-0.1, -0.05) is 0 Å². The Hall–Kier alpha value is -2.87. The molecular weight excluding hydrogens is 320 g/mol. The molecule has 0 fully saturated rings. The van der Waals surface area contributed by atoms with Crippen LogP contribution in [0, 0.1) is 0 Å². The minimum Gasteiger partial charge on any atom is -0.481 e. The van der Waals surface area contributed by atoms with E-state index in [1.165, 1.54) is 6.33 Å². The third-order valence-corrected chi connectivity index (χ3v) is 4.19. The topological polar surface area (TPSA) is 81.2 Å². The third-order valence-electron chi connectivity index (χ3n) is 4.19. The number of anilines is 1. The number of hydrogen-bond acceptors (Lipinski definition) is 7. The second kappa shape index (κ2) is 6.94. The van der Waals surface area contributed by atoms with Gasteiger partial charge in [0, 0.05) is 25.4 Å². The van der Waals surface area contributed by atoms with Crippen molar-refractivity contribution in [2.75, 3.05) is 19.0 Å². The Morgan fingerprint density at radius 3 is 3.12 bits per heavy atom. The van der Waals surface area contributed by atoms with Gasteiger partial charge in [-0.25, -0.2) is 15.0 Å². The van der Waals surface area contributed by atoms with Crippen LogP contribution in [0.2, 0.25) is 0 Å². The van der Waals surface area contributed by atoms with Gasteiger partial charge in [0.15, 0.2) is 0 Å². The molecule has 0 bridgehead atoms. The van der Waals surface area contributed by atoms with Gasteiger partial charge in [0.2, 0.25) is 5.88 Å². The van der Waals surface area contributed by atoms with Gasteiger partial charge in [0.05, 0.1) is 38.7 Å². The molecule has 3 aromatic rings. The molecule has 0 aromatic carbocycles. The molecule has 0 saturated carbocycles. The van der Waals surface area contributed by atoms with Gasteiger partial charge in [-0.3, -0.25) is 4.90 Å². The highest BCUT2D eigenvalue weighted by molar-refractivity contribution is 5.37. The van der Waals surface area contributed by atoms with E-state index in [0.717, 1.165) is 49.3 Å². The van der Waals surface area contributed by atoms with Crippen LogP contribution in [-0.2, 0) is 26.2 Å². The molecule has 8 nitrogen and oxygen atoms in total. The minimum absolute atomic E-state index is 0.537. The molecule has 0 aliphatic carbocycles.